The molecule has 0 fully saturated rings. The van der Waals surface area contributed by atoms with E-state index in [2.05, 4.69) is 54.0 Å². The lowest BCUT2D eigenvalue weighted by molar-refractivity contribution is -0.134. The Morgan fingerprint density at radius 1 is 1.03 bits per heavy atom. The molecule has 1 aromatic heterocycles. The minimum absolute atomic E-state index is 0.247. The number of nitrogens with zero attached hydrogens (tertiary/aromatic N) is 3. The first-order valence-corrected chi connectivity index (χ1v) is 9.30. The SMILES string of the molecule is CC(c1ccc(Cl)cc1)N(CCN(C)C)c1ccccn1.O=C(O)C=CC(=O)O. The van der Waals surface area contributed by atoms with Crippen molar-refractivity contribution in [3.05, 3.63) is 71.4 Å². The van der Waals surface area contributed by atoms with Crippen LogP contribution in [0.25, 0.3) is 0 Å². The molecule has 0 spiro atoms. The summed E-state index contributed by atoms with van der Waals surface area (Å²) in [4.78, 5) is 28.1. The Hall–Kier alpha value is -2.90. The highest BCUT2D eigenvalue weighted by Crippen LogP contribution is 2.26. The third kappa shape index (κ3) is 9.73. The lowest BCUT2D eigenvalue weighted by Crippen LogP contribution is -2.34. The number of aromatic nitrogens is 1. The van der Waals surface area contributed by atoms with E-state index in [0.29, 0.717) is 12.2 Å². The second-order valence-electron chi connectivity index (χ2n) is 6.42. The molecule has 0 bridgehead atoms. The van der Waals surface area contributed by atoms with Gasteiger partial charge in [0.15, 0.2) is 0 Å². The van der Waals surface area contributed by atoms with Crippen molar-refractivity contribution in [3.8, 4) is 0 Å². The van der Waals surface area contributed by atoms with Gasteiger partial charge in [0.25, 0.3) is 0 Å². The van der Waals surface area contributed by atoms with E-state index < -0.39 is 11.9 Å². The van der Waals surface area contributed by atoms with Crippen molar-refractivity contribution in [2.45, 2.75) is 13.0 Å². The van der Waals surface area contributed by atoms with Gasteiger partial charge in [-0.2, -0.15) is 0 Å². The van der Waals surface area contributed by atoms with Crippen molar-refractivity contribution >= 4 is 29.4 Å². The molecule has 1 aromatic carbocycles. The molecule has 8 heteroatoms. The lowest BCUT2D eigenvalue weighted by Gasteiger charge is -2.31. The van der Waals surface area contributed by atoms with Crippen LogP contribution in [0.3, 0.4) is 0 Å². The Morgan fingerprint density at radius 3 is 2.07 bits per heavy atom. The van der Waals surface area contributed by atoms with Gasteiger partial charge in [-0.3, -0.25) is 0 Å². The number of hydrogen-bond donors (Lipinski definition) is 2. The highest BCUT2D eigenvalue weighted by atomic mass is 35.5. The second-order valence-corrected chi connectivity index (χ2v) is 6.86. The fourth-order valence-electron chi connectivity index (χ4n) is 2.40. The van der Waals surface area contributed by atoms with E-state index in [1.165, 1.54) is 5.56 Å². The van der Waals surface area contributed by atoms with E-state index >= 15 is 0 Å². The molecule has 2 rings (SSSR count). The fraction of sp³-hybridized carbons (Fsp3) is 0.286. The number of likely N-dealkylation sites (N-methyl/N-ethyl adjacent to an activating group) is 1. The van der Waals surface area contributed by atoms with Gasteiger partial charge in [0.1, 0.15) is 5.82 Å². The zero-order chi connectivity index (χ0) is 21.8. The first-order valence-electron chi connectivity index (χ1n) is 8.92. The summed E-state index contributed by atoms with van der Waals surface area (Å²) in [5.41, 5.74) is 1.24. The van der Waals surface area contributed by atoms with Crippen molar-refractivity contribution in [2.24, 2.45) is 0 Å². The maximum atomic E-state index is 9.55. The third-order valence-corrected chi connectivity index (χ3v) is 4.17. The molecule has 0 amide bonds. The minimum atomic E-state index is -1.26. The van der Waals surface area contributed by atoms with Gasteiger partial charge in [-0.05, 0) is 50.8 Å². The summed E-state index contributed by atoms with van der Waals surface area (Å²) in [6, 6.07) is 14.3. The van der Waals surface area contributed by atoms with Gasteiger partial charge in [0.2, 0.25) is 0 Å². The molecule has 156 valence electrons. The van der Waals surface area contributed by atoms with Crippen molar-refractivity contribution < 1.29 is 19.8 Å². The largest absolute Gasteiger partial charge is 0.478 e. The number of aliphatic carboxylic acids is 2. The average Bonchev–Trinajstić information content (AvgIpc) is 2.68. The molecule has 0 aliphatic rings. The topological polar surface area (TPSA) is 94.0 Å². The van der Waals surface area contributed by atoms with Gasteiger partial charge < -0.3 is 20.0 Å². The Labute approximate surface area is 175 Å². The van der Waals surface area contributed by atoms with Crippen LogP contribution in [-0.4, -0.2) is 59.2 Å². The standard InChI is InChI=1S/C17H22ClN3.C4H4O4/c1-14(15-7-9-16(18)10-8-15)21(13-12-20(2)3)17-6-4-5-11-19-17;5-3(6)1-2-4(7)8/h4-11,14H,12-13H2,1-3H3;1-2H,(H,5,6)(H,7,8). The van der Waals surface area contributed by atoms with Crippen LogP contribution in [0, 0.1) is 0 Å². The molecule has 1 heterocycles. The summed E-state index contributed by atoms with van der Waals surface area (Å²) < 4.78 is 0. The van der Waals surface area contributed by atoms with E-state index in [0.717, 1.165) is 23.9 Å². The number of pyridine rings is 1. The minimum Gasteiger partial charge on any atom is -0.478 e. The van der Waals surface area contributed by atoms with E-state index in [1.54, 1.807) is 0 Å². The van der Waals surface area contributed by atoms with Crippen LogP contribution in [0.15, 0.2) is 60.8 Å². The van der Waals surface area contributed by atoms with Crippen LogP contribution in [-0.2, 0) is 9.59 Å². The molecular formula is C21H26ClN3O4. The molecular weight excluding hydrogens is 394 g/mol. The van der Waals surface area contributed by atoms with Crippen molar-refractivity contribution in [1.29, 1.82) is 0 Å². The summed E-state index contributed by atoms with van der Waals surface area (Å²) in [5.74, 6) is -1.51. The highest BCUT2D eigenvalue weighted by Gasteiger charge is 2.17. The molecule has 1 unspecified atom stereocenters. The van der Waals surface area contributed by atoms with Crippen molar-refractivity contribution in [1.82, 2.24) is 9.88 Å². The maximum Gasteiger partial charge on any atom is 0.328 e. The van der Waals surface area contributed by atoms with Crippen LogP contribution in [0.4, 0.5) is 5.82 Å². The number of benzene rings is 1. The Balaban J connectivity index is 0.000000447. The predicted octanol–water partition coefficient (Wildman–Crippen LogP) is 3.58. The van der Waals surface area contributed by atoms with Crippen LogP contribution in [0.2, 0.25) is 5.02 Å². The smallest absolute Gasteiger partial charge is 0.328 e. The van der Waals surface area contributed by atoms with E-state index in [9.17, 15) is 9.59 Å². The predicted molar refractivity (Wildman–Crippen MR) is 114 cm³/mol. The normalized spacial score (nSPS) is 11.6. The van der Waals surface area contributed by atoms with Gasteiger partial charge in [-0.25, -0.2) is 14.6 Å². The number of carboxylic acids is 2. The molecule has 0 aliphatic heterocycles. The van der Waals surface area contributed by atoms with Crippen LogP contribution in [0.1, 0.15) is 18.5 Å². The Bertz CT molecular complexity index is 779. The average molecular weight is 420 g/mol. The fourth-order valence-corrected chi connectivity index (χ4v) is 2.53. The van der Waals surface area contributed by atoms with Gasteiger partial charge >= 0.3 is 11.9 Å². The number of rotatable bonds is 8. The van der Waals surface area contributed by atoms with Gasteiger partial charge in [0, 0.05) is 36.5 Å². The third-order valence-electron chi connectivity index (χ3n) is 3.92. The number of halogens is 1. The molecule has 0 radical (unpaired) electrons. The second kappa shape index (κ2) is 12.5. The summed E-state index contributed by atoms with van der Waals surface area (Å²) in [7, 11) is 4.17. The van der Waals surface area contributed by atoms with E-state index in [4.69, 9.17) is 21.8 Å². The summed E-state index contributed by atoms with van der Waals surface area (Å²) in [6.07, 6.45) is 2.96. The van der Waals surface area contributed by atoms with Crippen molar-refractivity contribution in [3.63, 3.8) is 0 Å². The number of carbonyl (C=O) groups is 2. The molecule has 0 saturated carbocycles. The number of anilines is 1. The molecule has 0 saturated heterocycles. The molecule has 0 aliphatic carbocycles. The summed E-state index contributed by atoms with van der Waals surface area (Å²) in [5, 5.41) is 16.4. The zero-order valence-corrected chi connectivity index (χ0v) is 17.5. The lowest BCUT2D eigenvalue weighted by atomic mass is 10.1. The monoisotopic (exact) mass is 419 g/mol. The van der Waals surface area contributed by atoms with Crippen LogP contribution >= 0.6 is 11.6 Å². The quantitative estimate of drug-likeness (QED) is 0.631. The molecule has 2 N–H and O–H groups in total. The van der Waals surface area contributed by atoms with Crippen molar-refractivity contribution in [2.75, 3.05) is 32.1 Å². The Morgan fingerprint density at radius 2 is 1.62 bits per heavy atom. The highest BCUT2D eigenvalue weighted by molar-refractivity contribution is 6.30. The number of hydrogen-bond acceptors (Lipinski definition) is 5. The molecule has 7 nitrogen and oxygen atoms in total. The maximum absolute atomic E-state index is 9.55. The molecule has 1 atom stereocenters. The van der Waals surface area contributed by atoms with E-state index in [1.807, 2.05) is 30.5 Å². The van der Waals surface area contributed by atoms with Gasteiger partial charge in [-0.1, -0.05) is 29.8 Å². The molecule has 2 aromatic rings. The number of carboxylic acid groups (broad SMARTS) is 2. The Kier molecular flexibility index (Phi) is 10.4. The summed E-state index contributed by atoms with van der Waals surface area (Å²) in [6.45, 7) is 4.11. The van der Waals surface area contributed by atoms with Gasteiger partial charge in [-0.15, -0.1) is 0 Å². The summed E-state index contributed by atoms with van der Waals surface area (Å²) >= 11 is 5.98. The van der Waals surface area contributed by atoms with E-state index in [-0.39, 0.29) is 6.04 Å². The first-order chi connectivity index (χ1) is 13.7. The molecule has 29 heavy (non-hydrogen) atoms. The van der Waals surface area contributed by atoms with Gasteiger partial charge in [0.05, 0.1) is 6.04 Å². The zero-order valence-electron chi connectivity index (χ0n) is 16.7. The van der Waals surface area contributed by atoms with Crippen LogP contribution < -0.4 is 4.90 Å². The first kappa shape index (κ1) is 24.1. The van der Waals surface area contributed by atoms with Crippen LogP contribution in [0.5, 0.6) is 0 Å².